The lowest BCUT2D eigenvalue weighted by Crippen LogP contribution is -2.28. The van der Waals surface area contributed by atoms with E-state index in [9.17, 15) is 14.3 Å². The predicted octanol–water partition coefficient (Wildman–Crippen LogP) is 2.94. The number of carbonyl (C=O) groups excluding carboxylic acids is 1. The highest BCUT2D eigenvalue weighted by molar-refractivity contribution is 9.10. The number of ether oxygens (including phenoxy) is 1. The Kier molecular flexibility index (Phi) is 4.27. The molecule has 1 rings (SSSR count). The highest BCUT2D eigenvalue weighted by atomic mass is 79.9. The monoisotopic (exact) mass is 304 g/mol. The predicted molar refractivity (Wildman–Crippen MR) is 65.9 cm³/mol. The molecule has 94 valence electrons. The Morgan fingerprint density at radius 3 is 2.59 bits per heavy atom. The minimum Gasteiger partial charge on any atom is -0.487 e. The molecule has 1 N–H and O–H groups in total. The molecule has 5 heteroatoms. The molecule has 0 aliphatic rings. The summed E-state index contributed by atoms with van der Waals surface area (Å²) in [6, 6.07) is 2.71. The summed E-state index contributed by atoms with van der Waals surface area (Å²) in [5.41, 5.74) is -0.936. The summed E-state index contributed by atoms with van der Waals surface area (Å²) in [5, 5.41) is 9.51. The first-order valence-corrected chi connectivity index (χ1v) is 5.85. The van der Waals surface area contributed by atoms with Gasteiger partial charge in [0.05, 0.1) is 11.2 Å². The number of aliphatic hydroxyl groups is 1. The number of benzene rings is 1. The van der Waals surface area contributed by atoms with Crippen molar-refractivity contribution < 1.29 is 19.0 Å². The van der Waals surface area contributed by atoms with E-state index in [1.54, 1.807) is 0 Å². The molecular formula is C12H14BrFO3. The van der Waals surface area contributed by atoms with Crippen LogP contribution in [0.3, 0.4) is 0 Å². The van der Waals surface area contributed by atoms with Gasteiger partial charge in [0, 0.05) is 4.47 Å². The van der Waals surface area contributed by atoms with Gasteiger partial charge in [-0.3, -0.25) is 4.79 Å². The van der Waals surface area contributed by atoms with Crippen LogP contribution in [0.5, 0.6) is 5.75 Å². The molecule has 0 bridgehead atoms. The van der Waals surface area contributed by atoms with Crippen molar-refractivity contribution in [2.45, 2.75) is 26.4 Å². The van der Waals surface area contributed by atoms with Gasteiger partial charge in [-0.15, -0.1) is 0 Å². The average Bonchev–Trinajstić information content (AvgIpc) is 2.13. The van der Waals surface area contributed by atoms with Crippen molar-refractivity contribution in [3.63, 3.8) is 0 Å². The SMILES string of the molecule is CC(=O)c1cc(Br)cc(F)c1OCC(C)(C)O. The topological polar surface area (TPSA) is 46.5 Å². The Morgan fingerprint density at radius 2 is 2.12 bits per heavy atom. The van der Waals surface area contributed by atoms with Crippen LogP contribution in [0.4, 0.5) is 4.39 Å². The third-order valence-corrected chi connectivity index (χ3v) is 2.42. The maximum Gasteiger partial charge on any atom is 0.166 e. The Balaban J connectivity index is 3.09. The molecule has 1 aromatic rings. The average molecular weight is 305 g/mol. The molecule has 0 radical (unpaired) electrons. The zero-order valence-electron chi connectivity index (χ0n) is 9.88. The molecule has 17 heavy (non-hydrogen) atoms. The highest BCUT2D eigenvalue weighted by Crippen LogP contribution is 2.28. The van der Waals surface area contributed by atoms with Gasteiger partial charge in [-0.1, -0.05) is 15.9 Å². The van der Waals surface area contributed by atoms with Crippen LogP contribution in [0, 0.1) is 5.82 Å². The standard InChI is InChI=1S/C12H14BrFO3/c1-7(15)9-4-8(13)5-10(14)11(9)17-6-12(2,3)16/h4-5,16H,6H2,1-3H3. The maximum atomic E-state index is 13.7. The fraction of sp³-hybridized carbons (Fsp3) is 0.417. The third-order valence-electron chi connectivity index (χ3n) is 1.96. The van der Waals surface area contributed by atoms with Gasteiger partial charge in [-0.05, 0) is 32.9 Å². The zero-order chi connectivity index (χ0) is 13.2. The molecule has 0 saturated carbocycles. The van der Waals surface area contributed by atoms with E-state index in [0.717, 1.165) is 0 Å². The lowest BCUT2D eigenvalue weighted by atomic mass is 10.1. The quantitative estimate of drug-likeness (QED) is 0.870. The number of rotatable bonds is 4. The zero-order valence-corrected chi connectivity index (χ0v) is 11.5. The summed E-state index contributed by atoms with van der Waals surface area (Å²) < 4.78 is 19.3. The Bertz CT molecular complexity index is 438. The van der Waals surface area contributed by atoms with Crippen molar-refractivity contribution >= 4 is 21.7 Å². The molecule has 0 aromatic heterocycles. The van der Waals surface area contributed by atoms with E-state index in [4.69, 9.17) is 4.74 Å². The fourth-order valence-electron chi connectivity index (χ4n) is 1.22. The first-order chi connectivity index (χ1) is 7.70. The van der Waals surface area contributed by atoms with Crippen LogP contribution in [0.2, 0.25) is 0 Å². The van der Waals surface area contributed by atoms with Gasteiger partial charge in [0.25, 0.3) is 0 Å². The number of hydrogen-bond donors (Lipinski definition) is 1. The second-order valence-corrected chi connectivity index (χ2v) is 5.34. The summed E-state index contributed by atoms with van der Waals surface area (Å²) in [5.74, 6) is -1.05. The van der Waals surface area contributed by atoms with E-state index in [2.05, 4.69) is 15.9 Å². The van der Waals surface area contributed by atoms with E-state index >= 15 is 0 Å². The summed E-state index contributed by atoms with van der Waals surface area (Å²) in [4.78, 5) is 11.4. The van der Waals surface area contributed by atoms with E-state index in [1.807, 2.05) is 0 Å². The van der Waals surface area contributed by atoms with Crippen molar-refractivity contribution in [3.8, 4) is 5.75 Å². The molecule has 0 atom stereocenters. The number of ketones is 1. The molecule has 0 spiro atoms. The van der Waals surface area contributed by atoms with Crippen LogP contribution in [-0.2, 0) is 0 Å². The Morgan fingerprint density at radius 1 is 1.53 bits per heavy atom. The van der Waals surface area contributed by atoms with Gasteiger partial charge in [-0.2, -0.15) is 0 Å². The van der Waals surface area contributed by atoms with Crippen LogP contribution in [0.25, 0.3) is 0 Å². The molecule has 1 aromatic carbocycles. The number of halogens is 2. The van der Waals surface area contributed by atoms with Gasteiger partial charge in [0.1, 0.15) is 6.61 Å². The van der Waals surface area contributed by atoms with Crippen molar-refractivity contribution in [3.05, 3.63) is 28.0 Å². The normalized spacial score (nSPS) is 11.4. The van der Waals surface area contributed by atoms with Crippen molar-refractivity contribution in [2.75, 3.05) is 6.61 Å². The van der Waals surface area contributed by atoms with Crippen LogP contribution >= 0.6 is 15.9 Å². The largest absolute Gasteiger partial charge is 0.487 e. The number of Topliss-reactive ketones (excluding diaryl/α,β-unsaturated/α-hetero) is 1. The van der Waals surface area contributed by atoms with Gasteiger partial charge in [0.15, 0.2) is 17.3 Å². The molecule has 0 unspecified atom stereocenters. The molecule has 0 saturated heterocycles. The van der Waals surface area contributed by atoms with Crippen molar-refractivity contribution in [2.24, 2.45) is 0 Å². The van der Waals surface area contributed by atoms with E-state index < -0.39 is 11.4 Å². The van der Waals surface area contributed by atoms with Gasteiger partial charge in [-0.25, -0.2) is 4.39 Å². The molecule has 0 amide bonds. The lowest BCUT2D eigenvalue weighted by molar-refractivity contribution is 0.0267. The van der Waals surface area contributed by atoms with Crippen LogP contribution < -0.4 is 4.74 Å². The van der Waals surface area contributed by atoms with E-state index in [0.29, 0.717) is 4.47 Å². The minimum atomic E-state index is -1.09. The van der Waals surface area contributed by atoms with Crippen LogP contribution in [-0.4, -0.2) is 23.1 Å². The lowest BCUT2D eigenvalue weighted by Gasteiger charge is -2.19. The molecule has 0 heterocycles. The second kappa shape index (κ2) is 5.14. The van der Waals surface area contributed by atoms with E-state index in [-0.39, 0.29) is 23.7 Å². The first-order valence-electron chi connectivity index (χ1n) is 5.06. The Hall–Kier alpha value is -0.940. The number of carbonyl (C=O) groups is 1. The van der Waals surface area contributed by atoms with Gasteiger partial charge < -0.3 is 9.84 Å². The number of hydrogen-bond acceptors (Lipinski definition) is 3. The smallest absolute Gasteiger partial charge is 0.166 e. The summed E-state index contributed by atoms with van der Waals surface area (Å²) in [6.07, 6.45) is 0. The highest BCUT2D eigenvalue weighted by Gasteiger charge is 2.19. The summed E-state index contributed by atoms with van der Waals surface area (Å²) in [7, 11) is 0. The van der Waals surface area contributed by atoms with Crippen molar-refractivity contribution in [1.82, 2.24) is 0 Å². The maximum absolute atomic E-state index is 13.7. The second-order valence-electron chi connectivity index (χ2n) is 4.42. The van der Waals surface area contributed by atoms with Gasteiger partial charge in [0.2, 0.25) is 0 Å². The first kappa shape index (κ1) is 14.1. The fourth-order valence-corrected chi connectivity index (χ4v) is 1.65. The summed E-state index contributed by atoms with van der Waals surface area (Å²) in [6.45, 7) is 4.32. The van der Waals surface area contributed by atoms with Crippen molar-refractivity contribution in [1.29, 1.82) is 0 Å². The molecule has 3 nitrogen and oxygen atoms in total. The molecule has 0 aliphatic carbocycles. The minimum absolute atomic E-state index is 0.0914. The van der Waals surface area contributed by atoms with Crippen LogP contribution in [0.1, 0.15) is 31.1 Å². The van der Waals surface area contributed by atoms with Crippen LogP contribution in [0.15, 0.2) is 16.6 Å². The van der Waals surface area contributed by atoms with E-state index in [1.165, 1.54) is 32.9 Å². The molecule has 0 fully saturated rings. The van der Waals surface area contributed by atoms with Gasteiger partial charge >= 0.3 is 0 Å². The summed E-state index contributed by atoms with van der Waals surface area (Å²) >= 11 is 3.11. The molecule has 0 aliphatic heterocycles. The molecular weight excluding hydrogens is 291 g/mol. The third kappa shape index (κ3) is 4.09. The Labute approximate surface area is 108 Å².